The van der Waals surface area contributed by atoms with Crippen molar-refractivity contribution in [2.75, 3.05) is 0 Å². The molecule has 0 radical (unpaired) electrons. The third-order valence-electron chi connectivity index (χ3n) is 6.28. The van der Waals surface area contributed by atoms with E-state index in [9.17, 15) is 14.7 Å². The number of hydrogen-bond donors (Lipinski definition) is 0. The molecule has 2 aromatic rings. The summed E-state index contributed by atoms with van der Waals surface area (Å²) in [5, 5.41) is 11.9. The van der Waals surface area contributed by atoms with Crippen molar-refractivity contribution in [1.82, 2.24) is 4.57 Å². The van der Waals surface area contributed by atoms with Crippen LogP contribution in [0.15, 0.2) is 29.2 Å². The van der Waals surface area contributed by atoms with Crippen LogP contribution in [0.4, 0.5) is 0 Å². The van der Waals surface area contributed by atoms with Gasteiger partial charge in [0.15, 0.2) is 0 Å². The van der Waals surface area contributed by atoms with E-state index < -0.39 is 29.8 Å². The van der Waals surface area contributed by atoms with Crippen LogP contribution in [0.25, 0.3) is 10.9 Å². The Morgan fingerprint density at radius 2 is 1.52 bits per heavy atom. The van der Waals surface area contributed by atoms with Gasteiger partial charge in [0.05, 0.1) is 0 Å². The van der Waals surface area contributed by atoms with Crippen LogP contribution in [0.5, 0.6) is 0 Å². The summed E-state index contributed by atoms with van der Waals surface area (Å²) in [5.74, 6) is -1.40. The molecule has 1 aromatic heterocycles. The van der Waals surface area contributed by atoms with E-state index in [1.165, 1.54) is 61.6 Å². The van der Waals surface area contributed by atoms with Crippen LogP contribution < -0.4 is 14.1 Å². The van der Waals surface area contributed by atoms with E-state index in [1.54, 1.807) is 0 Å². The van der Waals surface area contributed by atoms with Crippen LogP contribution >= 0.6 is 0 Å². The summed E-state index contributed by atoms with van der Waals surface area (Å²) < 4.78 is 7.50. The molecule has 0 bridgehead atoms. The van der Waals surface area contributed by atoms with Crippen molar-refractivity contribution < 1.29 is 9.90 Å². The molecule has 0 saturated carbocycles. The number of unbranched alkanes of at least 4 members (excludes halogenated alkanes) is 3. The number of aromatic nitrogens is 1. The van der Waals surface area contributed by atoms with Crippen LogP contribution in [0.1, 0.15) is 76.6 Å². The topological polar surface area (TPSA) is 62.1 Å². The van der Waals surface area contributed by atoms with E-state index in [0.717, 1.165) is 5.52 Å². The molecule has 0 spiro atoms. The Bertz CT molecular complexity index is 866. The van der Waals surface area contributed by atoms with E-state index in [1.807, 2.05) is 17.6 Å². The number of aromatic carboxylic acids is 1. The van der Waals surface area contributed by atoms with E-state index >= 15 is 0 Å². The van der Waals surface area contributed by atoms with Gasteiger partial charge in [0.25, 0.3) is 0 Å². The first kappa shape index (κ1) is 24.0. The second-order valence-corrected chi connectivity index (χ2v) is 21.5. The zero-order valence-corrected chi connectivity index (χ0v) is 21.4. The first-order chi connectivity index (χ1) is 13.9. The molecule has 4 nitrogen and oxygen atoms in total. The van der Waals surface area contributed by atoms with Crippen molar-refractivity contribution in [2.24, 2.45) is 0 Å². The maximum atomic E-state index is 12.7. The number of rotatable bonds is 12. The van der Waals surface area contributed by atoms with Gasteiger partial charge in [-0.3, -0.25) is 0 Å². The van der Waals surface area contributed by atoms with Crippen molar-refractivity contribution in [2.45, 2.75) is 86.1 Å². The molecule has 160 valence electrons. The first-order valence-electron chi connectivity index (χ1n) is 11.3. The molecule has 0 saturated heterocycles. The summed E-state index contributed by atoms with van der Waals surface area (Å²) in [4.78, 5) is 24.1. The molecule has 1 heterocycles. The molecule has 2 rings (SSSR count). The second-order valence-electron chi connectivity index (χ2n) is 8.27. The third kappa shape index (κ3) is 5.44. The summed E-state index contributed by atoms with van der Waals surface area (Å²) >= 11 is -2.61. The Hall–Kier alpha value is -1.30. The van der Waals surface area contributed by atoms with Crippen LogP contribution in [-0.4, -0.2) is 28.9 Å². The van der Waals surface area contributed by atoms with Crippen molar-refractivity contribution in [1.29, 1.82) is 0 Å². The second kappa shape index (κ2) is 11.2. The molecule has 5 heteroatoms. The van der Waals surface area contributed by atoms with Gasteiger partial charge < -0.3 is 0 Å². The molecule has 0 aliphatic carbocycles. The van der Waals surface area contributed by atoms with Crippen LogP contribution in [0, 0.1) is 0 Å². The standard InChI is InChI=1S/C12H10NO3.3C4H9.Sn/c1-2-13-7-9(12(15)16)11(14)8-5-3-4-6-10(8)13;3*1-3-4-2;/h3,5-7H,2H2,1H3,(H,15,16);3*1,3-4H2,2H3;/p-1. The maximum absolute atomic E-state index is 12.7. The summed E-state index contributed by atoms with van der Waals surface area (Å²) in [7, 11) is 0. The van der Waals surface area contributed by atoms with Gasteiger partial charge in [0.1, 0.15) is 0 Å². The SMILES string of the molecule is CCC[CH2][Sn]([CH2]CCC)([CH2]CCC)[c]1ccc2c(=O)c(C(=O)[O-])cn(CC)c2c1. The Morgan fingerprint density at radius 3 is 1.97 bits per heavy atom. The summed E-state index contributed by atoms with van der Waals surface area (Å²) in [6.45, 7) is 9.42. The van der Waals surface area contributed by atoms with Gasteiger partial charge in [0, 0.05) is 0 Å². The molecule has 29 heavy (non-hydrogen) atoms. The Labute approximate surface area is 179 Å². The summed E-state index contributed by atoms with van der Waals surface area (Å²) in [5.41, 5.74) is 0.211. The molecule has 0 fully saturated rings. The molecule has 0 atom stereocenters. The Morgan fingerprint density at radius 1 is 0.966 bits per heavy atom. The van der Waals surface area contributed by atoms with Gasteiger partial charge in [-0.05, 0) is 0 Å². The fourth-order valence-corrected chi connectivity index (χ4v) is 20.4. The molecule has 0 unspecified atom stereocenters. The van der Waals surface area contributed by atoms with Gasteiger partial charge in [0.2, 0.25) is 0 Å². The normalized spacial score (nSPS) is 11.9. The number of pyridine rings is 1. The zero-order chi connectivity index (χ0) is 21.4. The van der Waals surface area contributed by atoms with Crippen LogP contribution in [0.3, 0.4) is 0 Å². The number of carboxylic acid groups (broad SMARTS) is 1. The van der Waals surface area contributed by atoms with Crippen LogP contribution in [-0.2, 0) is 6.54 Å². The summed E-state index contributed by atoms with van der Waals surface area (Å²) in [6, 6.07) is 6.30. The molecule has 1 aromatic carbocycles. The zero-order valence-electron chi connectivity index (χ0n) is 18.6. The number of fused-ring (bicyclic) bond motifs is 1. The predicted molar refractivity (Wildman–Crippen MR) is 123 cm³/mol. The number of benzene rings is 1. The third-order valence-corrected chi connectivity index (χ3v) is 21.9. The van der Waals surface area contributed by atoms with E-state index in [4.69, 9.17) is 0 Å². The van der Waals surface area contributed by atoms with Crippen molar-refractivity contribution in [3.05, 3.63) is 40.2 Å². The number of nitrogens with zero attached hydrogens (tertiary/aromatic N) is 1. The fraction of sp³-hybridized carbons (Fsp3) is 0.583. The van der Waals surface area contributed by atoms with Gasteiger partial charge in [-0.15, -0.1) is 0 Å². The molecule has 0 N–H and O–H groups in total. The quantitative estimate of drug-likeness (QED) is 0.401. The Balaban J connectivity index is 2.69. The first-order valence-corrected chi connectivity index (χ1v) is 18.8. The molecular weight excluding hydrogens is 469 g/mol. The van der Waals surface area contributed by atoms with E-state index in [-0.39, 0.29) is 5.56 Å². The molecule has 0 amide bonds. The van der Waals surface area contributed by atoms with Gasteiger partial charge >= 0.3 is 180 Å². The van der Waals surface area contributed by atoms with Gasteiger partial charge in [-0.1, -0.05) is 0 Å². The number of aryl methyl sites for hydroxylation is 1. The Kier molecular flexibility index (Phi) is 9.25. The minimum absolute atomic E-state index is 0.246. The monoisotopic (exact) mass is 506 g/mol. The van der Waals surface area contributed by atoms with Crippen molar-refractivity contribution in [3.63, 3.8) is 0 Å². The average Bonchev–Trinajstić information content (AvgIpc) is 2.73. The predicted octanol–water partition coefficient (Wildman–Crippen LogP) is 4.44. The van der Waals surface area contributed by atoms with E-state index in [0.29, 0.717) is 11.9 Å². The summed E-state index contributed by atoms with van der Waals surface area (Å²) in [6.07, 6.45) is 8.98. The molecule has 0 aliphatic heterocycles. The van der Waals surface area contributed by atoms with Crippen LogP contribution in [0.2, 0.25) is 13.3 Å². The average molecular weight is 505 g/mol. The van der Waals surface area contributed by atoms with Gasteiger partial charge in [-0.25, -0.2) is 0 Å². The number of hydrogen-bond acceptors (Lipinski definition) is 3. The van der Waals surface area contributed by atoms with Crippen molar-refractivity contribution in [3.8, 4) is 0 Å². The van der Waals surface area contributed by atoms with Crippen molar-refractivity contribution >= 4 is 38.8 Å². The number of carbonyl (C=O) groups excluding carboxylic acids is 1. The fourth-order valence-electron chi connectivity index (χ4n) is 4.48. The number of carbonyl (C=O) groups is 1. The molecule has 0 aliphatic rings. The minimum atomic E-state index is -2.61. The van der Waals surface area contributed by atoms with Gasteiger partial charge in [-0.2, -0.15) is 0 Å². The number of carboxylic acids is 1. The molecular formula is C24H36NO3Sn-. The van der Waals surface area contributed by atoms with E-state index in [2.05, 4.69) is 32.9 Å².